The highest BCUT2D eigenvalue weighted by atomic mass is 127. The summed E-state index contributed by atoms with van der Waals surface area (Å²) in [6, 6.07) is 10.5. The van der Waals surface area contributed by atoms with Gasteiger partial charge < -0.3 is 21.3 Å². The number of nitrogens with zero attached hydrogens (tertiary/aromatic N) is 3. The summed E-state index contributed by atoms with van der Waals surface area (Å²) in [5, 5.41) is 6.55. The van der Waals surface area contributed by atoms with E-state index >= 15 is 0 Å². The summed E-state index contributed by atoms with van der Waals surface area (Å²) in [5.41, 5.74) is 7.47. The van der Waals surface area contributed by atoms with Gasteiger partial charge in [0.05, 0.1) is 5.92 Å². The molecule has 0 spiro atoms. The third kappa shape index (κ3) is 7.34. The number of piperidine rings is 1. The van der Waals surface area contributed by atoms with Crippen molar-refractivity contribution in [2.24, 2.45) is 16.6 Å². The highest BCUT2D eigenvalue weighted by Crippen LogP contribution is 2.24. The third-order valence-corrected chi connectivity index (χ3v) is 5.26. The topological polar surface area (TPSA) is 95.6 Å². The second-order valence-electron chi connectivity index (χ2n) is 7.41. The molecule has 1 aromatic heterocycles. The number of halogens is 2. The zero-order chi connectivity index (χ0) is 21.3. The highest BCUT2D eigenvalue weighted by Gasteiger charge is 2.25. The van der Waals surface area contributed by atoms with Crippen LogP contribution in [0.3, 0.4) is 0 Å². The lowest BCUT2D eigenvalue weighted by atomic mass is 9.97. The van der Waals surface area contributed by atoms with Crippen molar-refractivity contribution in [2.45, 2.75) is 25.8 Å². The molecule has 1 aromatic carbocycles. The van der Waals surface area contributed by atoms with E-state index in [1.165, 1.54) is 12.1 Å². The molecule has 1 unspecified atom stereocenters. The molecular formula is C22H30FIN6O. The van der Waals surface area contributed by atoms with Crippen LogP contribution in [0, 0.1) is 11.7 Å². The molecule has 1 aliphatic rings. The van der Waals surface area contributed by atoms with Crippen molar-refractivity contribution in [1.29, 1.82) is 0 Å². The van der Waals surface area contributed by atoms with Gasteiger partial charge in [-0.15, -0.1) is 24.0 Å². The number of guanidine groups is 1. The molecule has 7 nitrogen and oxygen atoms in total. The number of carbonyl (C=O) groups is 1. The van der Waals surface area contributed by atoms with Crippen LogP contribution in [0.5, 0.6) is 0 Å². The minimum atomic E-state index is -0.252. The van der Waals surface area contributed by atoms with Crippen LogP contribution >= 0.6 is 24.0 Å². The Morgan fingerprint density at radius 3 is 2.90 bits per heavy atom. The number of aliphatic imine (C=N–C) groups is 1. The van der Waals surface area contributed by atoms with Gasteiger partial charge in [-0.25, -0.2) is 9.37 Å². The van der Waals surface area contributed by atoms with E-state index in [1.54, 1.807) is 19.3 Å². The van der Waals surface area contributed by atoms with E-state index in [0.29, 0.717) is 32.0 Å². The van der Waals surface area contributed by atoms with Crippen molar-refractivity contribution >= 4 is 41.7 Å². The van der Waals surface area contributed by atoms with Gasteiger partial charge in [0.2, 0.25) is 5.91 Å². The number of nitrogens with two attached hydrogens (primary N) is 1. The Balaban J connectivity index is 0.00000341. The number of carbonyl (C=O) groups excluding carboxylic acids is 1. The van der Waals surface area contributed by atoms with Gasteiger partial charge in [-0.1, -0.05) is 18.2 Å². The van der Waals surface area contributed by atoms with Crippen LogP contribution in [0.15, 0.2) is 47.6 Å². The lowest BCUT2D eigenvalue weighted by Gasteiger charge is -2.33. The van der Waals surface area contributed by atoms with Gasteiger partial charge in [0.25, 0.3) is 0 Å². The number of hydrogen-bond donors (Lipinski definition) is 3. The fourth-order valence-corrected chi connectivity index (χ4v) is 3.67. The van der Waals surface area contributed by atoms with E-state index in [4.69, 9.17) is 5.73 Å². The standard InChI is InChI=1S/C22H29FN6O.HI/c1-25-22(27-11-9-16-5-2-8-19(23)13-16)28-14-17-6-3-10-26-21(17)29-12-4-7-18(15-29)20(24)30;/h2-3,5-6,8,10,13,18H,4,7,9,11-12,14-15H2,1H3,(H2,24,30)(H2,25,27,28);1H. The number of benzene rings is 1. The smallest absolute Gasteiger partial charge is 0.222 e. The van der Waals surface area contributed by atoms with Gasteiger partial charge in [-0.2, -0.15) is 0 Å². The Hall–Kier alpha value is -2.43. The summed E-state index contributed by atoms with van der Waals surface area (Å²) >= 11 is 0. The van der Waals surface area contributed by atoms with Gasteiger partial charge >= 0.3 is 0 Å². The molecule has 0 aliphatic carbocycles. The first-order valence-corrected chi connectivity index (χ1v) is 10.2. The molecule has 1 fully saturated rings. The molecule has 4 N–H and O–H groups in total. The Bertz CT molecular complexity index is 894. The number of rotatable bonds is 7. The zero-order valence-corrected chi connectivity index (χ0v) is 20.0. The number of pyridine rings is 1. The molecule has 1 amide bonds. The van der Waals surface area contributed by atoms with E-state index in [0.717, 1.165) is 36.3 Å². The van der Waals surface area contributed by atoms with Crippen LogP contribution < -0.4 is 21.3 Å². The quantitative estimate of drug-likeness (QED) is 0.285. The molecular weight excluding hydrogens is 510 g/mol. The maximum Gasteiger partial charge on any atom is 0.222 e. The van der Waals surface area contributed by atoms with Crippen molar-refractivity contribution in [2.75, 3.05) is 31.6 Å². The minimum absolute atomic E-state index is 0. The minimum Gasteiger partial charge on any atom is -0.369 e. The monoisotopic (exact) mass is 540 g/mol. The number of hydrogen-bond acceptors (Lipinski definition) is 4. The molecule has 2 aromatic rings. The van der Waals surface area contributed by atoms with Gasteiger partial charge in [0, 0.05) is 45.0 Å². The molecule has 1 aliphatic heterocycles. The lowest BCUT2D eigenvalue weighted by Crippen LogP contribution is -2.42. The Labute approximate surface area is 199 Å². The first kappa shape index (κ1) is 24.8. The van der Waals surface area contributed by atoms with Gasteiger partial charge in [0.1, 0.15) is 11.6 Å². The maximum absolute atomic E-state index is 13.3. The van der Waals surface area contributed by atoms with Crippen LogP contribution in [0.25, 0.3) is 0 Å². The van der Waals surface area contributed by atoms with E-state index in [2.05, 4.69) is 25.5 Å². The van der Waals surface area contributed by atoms with Crippen molar-refractivity contribution < 1.29 is 9.18 Å². The van der Waals surface area contributed by atoms with Gasteiger partial charge in [-0.3, -0.25) is 9.79 Å². The predicted molar refractivity (Wildman–Crippen MR) is 132 cm³/mol. The first-order valence-electron chi connectivity index (χ1n) is 10.2. The third-order valence-electron chi connectivity index (χ3n) is 5.26. The van der Waals surface area contributed by atoms with Gasteiger partial charge in [0.15, 0.2) is 5.96 Å². The molecule has 0 radical (unpaired) electrons. The summed E-state index contributed by atoms with van der Waals surface area (Å²) in [6.07, 6.45) is 4.20. The number of amides is 1. The average Bonchev–Trinajstić information content (AvgIpc) is 2.76. The molecule has 31 heavy (non-hydrogen) atoms. The summed E-state index contributed by atoms with van der Waals surface area (Å²) in [5.74, 6) is 0.911. The Morgan fingerprint density at radius 2 is 2.16 bits per heavy atom. The molecule has 3 rings (SSSR count). The maximum atomic E-state index is 13.3. The van der Waals surface area contributed by atoms with Crippen molar-refractivity contribution in [3.8, 4) is 0 Å². The molecule has 9 heteroatoms. The summed E-state index contributed by atoms with van der Waals surface area (Å²) < 4.78 is 13.3. The SMILES string of the molecule is CN=C(NCCc1cccc(F)c1)NCc1cccnc1N1CCCC(C(N)=O)C1.I. The normalized spacial score (nSPS) is 16.4. The summed E-state index contributed by atoms with van der Waals surface area (Å²) in [7, 11) is 1.71. The molecule has 0 bridgehead atoms. The van der Waals surface area contributed by atoms with E-state index in [-0.39, 0.29) is 41.6 Å². The molecule has 168 valence electrons. The first-order chi connectivity index (χ1) is 14.6. The Morgan fingerprint density at radius 1 is 1.32 bits per heavy atom. The zero-order valence-electron chi connectivity index (χ0n) is 17.7. The number of anilines is 1. The van der Waals surface area contributed by atoms with E-state index in [9.17, 15) is 9.18 Å². The second kappa shape index (κ2) is 12.4. The van der Waals surface area contributed by atoms with E-state index in [1.807, 2.05) is 18.2 Å². The second-order valence-corrected chi connectivity index (χ2v) is 7.41. The van der Waals surface area contributed by atoms with E-state index < -0.39 is 0 Å². The van der Waals surface area contributed by atoms with Gasteiger partial charge in [-0.05, 0) is 43.0 Å². The fraction of sp³-hybridized carbons (Fsp3) is 0.409. The molecule has 0 saturated carbocycles. The van der Waals surface area contributed by atoms with Crippen LogP contribution in [0.4, 0.5) is 10.2 Å². The predicted octanol–water partition coefficient (Wildman–Crippen LogP) is 2.45. The summed E-state index contributed by atoms with van der Waals surface area (Å²) in [4.78, 5) is 22.5. The van der Waals surface area contributed by atoms with Crippen LogP contribution in [0.1, 0.15) is 24.0 Å². The van der Waals surface area contributed by atoms with Crippen LogP contribution in [-0.4, -0.2) is 43.5 Å². The average molecular weight is 540 g/mol. The molecule has 1 atom stereocenters. The van der Waals surface area contributed by atoms with Crippen molar-refractivity contribution in [3.05, 3.63) is 59.5 Å². The van der Waals surface area contributed by atoms with Crippen molar-refractivity contribution in [1.82, 2.24) is 15.6 Å². The number of aromatic nitrogens is 1. The highest BCUT2D eigenvalue weighted by molar-refractivity contribution is 14.0. The van der Waals surface area contributed by atoms with Crippen LogP contribution in [0.2, 0.25) is 0 Å². The lowest BCUT2D eigenvalue weighted by molar-refractivity contribution is -0.122. The van der Waals surface area contributed by atoms with Crippen molar-refractivity contribution in [3.63, 3.8) is 0 Å². The summed E-state index contributed by atoms with van der Waals surface area (Å²) in [6.45, 7) is 2.63. The van der Waals surface area contributed by atoms with Crippen LogP contribution in [-0.2, 0) is 17.8 Å². The Kier molecular flexibility index (Phi) is 9.96. The molecule has 1 saturated heterocycles. The fourth-order valence-electron chi connectivity index (χ4n) is 3.67. The molecule has 2 heterocycles. The largest absolute Gasteiger partial charge is 0.369 e. The number of nitrogens with one attached hydrogen (secondary N) is 2. The number of primary amides is 1.